The van der Waals surface area contributed by atoms with Crippen molar-refractivity contribution in [1.82, 2.24) is 3.97 Å². The number of hydrogen-bond acceptors (Lipinski definition) is 5. The van der Waals surface area contributed by atoms with Crippen molar-refractivity contribution in [2.45, 2.75) is 4.90 Å². The summed E-state index contributed by atoms with van der Waals surface area (Å²) in [7, 11) is -2.43. The normalized spacial score (nSPS) is 11.0. The smallest absolute Gasteiger partial charge is 0.269 e. The van der Waals surface area contributed by atoms with E-state index >= 15 is 0 Å². The third-order valence-electron chi connectivity index (χ3n) is 3.82. The van der Waals surface area contributed by atoms with Crippen LogP contribution >= 0.6 is 0 Å². The lowest BCUT2D eigenvalue weighted by atomic mass is 10.1. The molecule has 0 amide bonds. The molecule has 0 atom stereocenters. The Hall–Kier alpha value is -3.24. The number of methoxy groups -OCH3 is 1. The molecule has 0 fully saturated rings. The number of aromatic nitrogens is 1. The van der Waals surface area contributed by atoms with Gasteiger partial charge in [0.15, 0.2) is 0 Å². The Labute approximate surface area is 145 Å². The molecule has 2 aromatic carbocycles. The molecule has 2 N–H and O–H groups in total. The standard InChI is InChI=1S/C18H15N3O3S/c1-24-14-7-9-15(10-8-14)25(22,23)21-12-17(16(11-19)18(21)20)13-5-3-2-4-6-13/h2-10,12H,20H2,1H3. The molecule has 3 rings (SSSR count). The Balaban J connectivity index is 2.17. The topological polar surface area (TPSA) is 98.1 Å². The van der Waals surface area contributed by atoms with Gasteiger partial charge in [-0.1, -0.05) is 30.3 Å². The van der Waals surface area contributed by atoms with Crippen LogP contribution in [-0.4, -0.2) is 19.5 Å². The van der Waals surface area contributed by atoms with Crippen molar-refractivity contribution in [3.05, 3.63) is 66.4 Å². The van der Waals surface area contributed by atoms with Crippen molar-refractivity contribution < 1.29 is 13.2 Å². The first-order valence-electron chi connectivity index (χ1n) is 7.35. The van der Waals surface area contributed by atoms with Crippen LogP contribution in [0, 0.1) is 11.3 Å². The summed E-state index contributed by atoms with van der Waals surface area (Å²) in [5.74, 6) is 0.430. The van der Waals surface area contributed by atoms with Crippen molar-refractivity contribution >= 4 is 15.8 Å². The third kappa shape index (κ3) is 2.84. The second kappa shape index (κ2) is 6.34. The summed E-state index contributed by atoms with van der Waals surface area (Å²) in [6, 6.07) is 17.0. The summed E-state index contributed by atoms with van der Waals surface area (Å²) in [6.07, 6.45) is 1.38. The van der Waals surface area contributed by atoms with E-state index in [2.05, 4.69) is 0 Å². The minimum atomic E-state index is -3.93. The maximum absolute atomic E-state index is 12.9. The lowest BCUT2D eigenvalue weighted by molar-refractivity contribution is 0.414. The number of anilines is 1. The van der Waals surface area contributed by atoms with Gasteiger partial charge in [0.05, 0.1) is 12.0 Å². The molecule has 0 aliphatic carbocycles. The molecule has 6 nitrogen and oxygen atoms in total. The van der Waals surface area contributed by atoms with E-state index in [-0.39, 0.29) is 16.3 Å². The maximum atomic E-state index is 12.9. The van der Waals surface area contributed by atoms with Gasteiger partial charge in [-0.2, -0.15) is 5.26 Å². The van der Waals surface area contributed by atoms with Gasteiger partial charge in [-0.05, 0) is 29.8 Å². The Morgan fingerprint density at radius 3 is 2.28 bits per heavy atom. The molecule has 126 valence electrons. The molecule has 0 radical (unpaired) electrons. The fourth-order valence-electron chi connectivity index (χ4n) is 2.51. The quantitative estimate of drug-likeness (QED) is 0.778. The molecule has 0 spiro atoms. The highest BCUT2D eigenvalue weighted by molar-refractivity contribution is 7.90. The minimum absolute atomic E-state index is 0.0547. The van der Waals surface area contributed by atoms with Gasteiger partial charge in [0.2, 0.25) is 0 Å². The highest BCUT2D eigenvalue weighted by Crippen LogP contribution is 2.32. The number of hydrogen-bond donors (Lipinski definition) is 1. The van der Waals surface area contributed by atoms with Gasteiger partial charge in [-0.3, -0.25) is 0 Å². The van der Waals surface area contributed by atoms with Crippen LogP contribution in [0.25, 0.3) is 11.1 Å². The van der Waals surface area contributed by atoms with Crippen LogP contribution in [0.2, 0.25) is 0 Å². The van der Waals surface area contributed by atoms with E-state index in [1.807, 2.05) is 24.3 Å². The fraction of sp³-hybridized carbons (Fsp3) is 0.0556. The summed E-state index contributed by atoms with van der Waals surface area (Å²) >= 11 is 0. The summed E-state index contributed by atoms with van der Waals surface area (Å²) in [4.78, 5) is 0.0547. The molecule has 7 heteroatoms. The van der Waals surface area contributed by atoms with Crippen LogP contribution in [-0.2, 0) is 10.0 Å². The lowest BCUT2D eigenvalue weighted by Crippen LogP contribution is -2.14. The Bertz CT molecular complexity index is 1050. The SMILES string of the molecule is COc1ccc(S(=O)(=O)n2cc(-c3ccccc3)c(C#N)c2N)cc1. The van der Waals surface area contributed by atoms with Gasteiger partial charge in [-0.25, -0.2) is 12.4 Å². The van der Waals surface area contributed by atoms with E-state index in [1.165, 1.54) is 25.4 Å². The highest BCUT2D eigenvalue weighted by atomic mass is 32.2. The predicted octanol–water partition coefficient (Wildman–Crippen LogP) is 2.85. The average Bonchev–Trinajstić information content (AvgIpc) is 2.99. The summed E-state index contributed by atoms with van der Waals surface area (Å²) in [5, 5.41) is 9.42. The Morgan fingerprint density at radius 2 is 1.72 bits per heavy atom. The second-order valence-corrected chi connectivity index (χ2v) is 7.07. The first-order valence-corrected chi connectivity index (χ1v) is 8.79. The number of benzene rings is 2. The second-order valence-electron chi connectivity index (χ2n) is 5.26. The van der Waals surface area contributed by atoms with Crippen molar-refractivity contribution in [2.24, 2.45) is 0 Å². The van der Waals surface area contributed by atoms with E-state index < -0.39 is 10.0 Å². The van der Waals surface area contributed by atoms with Gasteiger partial charge in [0.25, 0.3) is 10.0 Å². The van der Waals surface area contributed by atoms with Gasteiger partial charge < -0.3 is 10.5 Å². The van der Waals surface area contributed by atoms with E-state index in [1.54, 1.807) is 24.3 Å². The van der Waals surface area contributed by atoms with E-state index in [4.69, 9.17) is 10.5 Å². The zero-order chi connectivity index (χ0) is 18.0. The molecular weight excluding hydrogens is 338 g/mol. The van der Waals surface area contributed by atoms with Crippen molar-refractivity contribution in [3.63, 3.8) is 0 Å². The lowest BCUT2D eigenvalue weighted by Gasteiger charge is -2.08. The zero-order valence-corrected chi connectivity index (χ0v) is 14.2. The largest absolute Gasteiger partial charge is 0.497 e. The van der Waals surface area contributed by atoms with Crippen LogP contribution < -0.4 is 10.5 Å². The van der Waals surface area contributed by atoms with Gasteiger partial charge in [0, 0.05) is 11.8 Å². The molecule has 0 aliphatic heterocycles. The molecule has 1 aromatic heterocycles. The van der Waals surface area contributed by atoms with E-state index in [0.717, 1.165) is 9.54 Å². The molecule has 0 aliphatic rings. The fourth-order valence-corrected chi connectivity index (χ4v) is 3.82. The molecule has 0 unspecified atom stereocenters. The monoisotopic (exact) mass is 353 g/mol. The van der Waals surface area contributed by atoms with Crippen LogP contribution in [0.15, 0.2) is 65.7 Å². The van der Waals surface area contributed by atoms with E-state index in [9.17, 15) is 13.7 Å². The van der Waals surface area contributed by atoms with Gasteiger partial charge >= 0.3 is 0 Å². The van der Waals surface area contributed by atoms with Gasteiger partial charge in [-0.15, -0.1) is 0 Å². The average molecular weight is 353 g/mol. The number of nitrogens with two attached hydrogens (primary N) is 1. The summed E-state index contributed by atoms with van der Waals surface area (Å²) in [5.41, 5.74) is 7.28. The number of nitrogens with zero attached hydrogens (tertiary/aromatic N) is 2. The Morgan fingerprint density at radius 1 is 1.08 bits per heavy atom. The molecule has 3 aromatic rings. The maximum Gasteiger partial charge on any atom is 0.269 e. The molecule has 1 heterocycles. The zero-order valence-electron chi connectivity index (χ0n) is 13.4. The van der Waals surface area contributed by atoms with E-state index in [0.29, 0.717) is 11.3 Å². The molecule has 0 saturated carbocycles. The summed E-state index contributed by atoms with van der Waals surface area (Å²) in [6.45, 7) is 0. The third-order valence-corrected chi connectivity index (χ3v) is 5.51. The number of rotatable bonds is 4. The van der Waals surface area contributed by atoms with Crippen LogP contribution in [0.1, 0.15) is 5.56 Å². The first-order chi connectivity index (χ1) is 12.0. The van der Waals surface area contributed by atoms with Gasteiger partial charge in [0.1, 0.15) is 23.2 Å². The van der Waals surface area contributed by atoms with Crippen molar-refractivity contribution in [1.29, 1.82) is 5.26 Å². The van der Waals surface area contributed by atoms with Crippen LogP contribution in [0.3, 0.4) is 0 Å². The number of nitriles is 1. The van der Waals surface area contributed by atoms with Crippen LogP contribution in [0.5, 0.6) is 5.75 Å². The van der Waals surface area contributed by atoms with Crippen molar-refractivity contribution in [3.8, 4) is 22.9 Å². The minimum Gasteiger partial charge on any atom is -0.497 e. The summed E-state index contributed by atoms with van der Waals surface area (Å²) < 4.78 is 31.8. The van der Waals surface area contributed by atoms with Crippen LogP contribution in [0.4, 0.5) is 5.82 Å². The highest BCUT2D eigenvalue weighted by Gasteiger charge is 2.24. The number of ether oxygens (including phenoxy) is 1. The molecular formula is C18H15N3O3S. The van der Waals surface area contributed by atoms with Crippen molar-refractivity contribution in [2.75, 3.05) is 12.8 Å². The molecule has 0 saturated heterocycles. The molecule has 25 heavy (non-hydrogen) atoms. The predicted molar refractivity (Wildman–Crippen MR) is 94.6 cm³/mol. The Kier molecular flexibility index (Phi) is 4.21. The molecule has 0 bridgehead atoms. The number of nitrogen functional groups attached to an aromatic ring is 1. The first kappa shape index (κ1) is 16.6.